The van der Waals surface area contributed by atoms with Crippen molar-refractivity contribution < 1.29 is 4.74 Å². The summed E-state index contributed by atoms with van der Waals surface area (Å²) in [6.07, 6.45) is 1.49. The van der Waals surface area contributed by atoms with E-state index >= 15 is 0 Å². The lowest BCUT2D eigenvalue weighted by atomic mass is 10.1. The Balaban J connectivity index is 1.89. The third kappa shape index (κ3) is 3.10. The van der Waals surface area contributed by atoms with Crippen LogP contribution in [-0.2, 0) is 17.9 Å². The van der Waals surface area contributed by atoms with Gasteiger partial charge in [0, 0.05) is 24.2 Å². The number of anilines is 1. The number of fused-ring (bicyclic) bond motifs is 1. The summed E-state index contributed by atoms with van der Waals surface area (Å²) in [6, 6.07) is 8.17. The quantitative estimate of drug-likeness (QED) is 0.756. The van der Waals surface area contributed by atoms with Crippen molar-refractivity contribution in [2.75, 3.05) is 12.4 Å². The number of rotatable bonds is 5. The maximum absolute atomic E-state index is 5.15. The molecule has 3 aromatic rings. The smallest absolute Gasteiger partial charge is 0.254 e. The zero-order valence-corrected chi connectivity index (χ0v) is 14.0. The number of nitrogens with one attached hydrogen (secondary N) is 1. The number of halogens is 1. The minimum Gasteiger partial charge on any atom is -0.378 e. The van der Waals surface area contributed by atoms with Gasteiger partial charge in [-0.1, -0.05) is 22.0 Å². The van der Waals surface area contributed by atoms with Gasteiger partial charge >= 0.3 is 0 Å². The molecule has 0 radical (unpaired) electrons. The number of ether oxygens (including phenoxy) is 1. The van der Waals surface area contributed by atoms with Crippen LogP contribution in [0.2, 0.25) is 0 Å². The average Bonchev–Trinajstić information content (AvgIpc) is 2.97. The molecule has 0 saturated heterocycles. The molecule has 1 aromatic carbocycles. The van der Waals surface area contributed by atoms with E-state index in [0.29, 0.717) is 18.9 Å². The Bertz CT molecular complexity index is 802. The molecule has 6 nitrogen and oxygen atoms in total. The summed E-state index contributed by atoms with van der Waals surface area (Å²) in [4.78, 5) is 8.54. The first-order chi connectivity index (χ1) is 10.7. The van der Waals surface area contributed by atoms with Crippen molar-refractivity contribution in [2.24, 2.45) is 0 Å². The minimum absolute atomic E-state index is 0.438. The van der Waals surface area contributed by atoms with Crippen molar-refractivity contribution in [1.29, 1.82) is 0 Å². The molecule has 0 aliphatic rings. The fraction of sp³-hybridized carbons (Fsp3) is 0.267. The van der Waals surface area contributed by atoms with Gasteiger partial charge in [0.05, 0.1) is 12.3 Å². The first-order valence-corrected chi connectivity index (χ1v) is 7.64. The fourth-order valence-electron chi connectivity index (χ4n) is 2.23. The third-order valence-corrected chi connectivity index (χ3v) is 3.86. The molecule has 7 heteroatoms. The van der Waals surface area contributed by atoms with Crippen LogP contribution in [0.15, 0.2) is 35.1 Å². The molecule has 0 atom stereocenters. The summed E-state index contributed by atoms with van der Waals surface area (Å²) in [5, 5.41) is 7.60. The van der Waals surface area contributed by atoms with Gasteiger partial charge in [-0.15, -0.1) is 0 Å². The highest BCUT2D eigenvalue weighted by molar-refractivity contribution is 9.10. The van der Waals surface area contributed by atoms with Crippen molar-refractivity contribution >= 4 is 27.5 Å². The first-order valence-electron chi connectivity index (χ1n) is 6.85. The molecule has 114 valence electrons. The van der Waals surface area contributed by atoms with E-state index < -0.39 is 0 Å². The SMILES string of the molecule is COCc1cc(NCc2cc(Br)ccc2C)n2ncnc2n1. The van der Waals surface area contributed by atoms with Gasteiger partial charge in [0.25, 0.3) is 5.78 Å². The van der Waals surface area contributed by atoms with Gasteiger partial charge in [-0.2, -0.15) is 14.6 Å². The molecule has 0 saturated carbocycles. The largest absolute Gasteiger partial charge is 0.378 e. The van der Waals surface area contributed by atoms with Crippen LogP contribution in [0.3, 0.4) is 0 Å². The summed E-state index contributed by atoms with van der Waals surface area (Å²) < 4.78 is 7.90. The third-order valence-electron chi connectivity index (χ3n) is 3.37. The van der Waals surface area contributed by atoms with Gasteiger partial charge < -0.3 is 10.1 Å². The van der Waals surface area contributed by atoms with Crippen molar-refractivity contribution in [3.63, 3.8) is 0 Å². The zero-order valence-electron chi connectivity index (χ0n) is 12.4. The van der Waals surface area contributed by atoms with Crippen LogP contribution >= 0.6 is 15.9 Å². The van der Waals surface area contributed by atoms with Crippen LogP contribution in [0.5, 0.6) is 0 Å². The van der Waals surface area contributed by atoms with Crippen molar-refractivity contribution in [1.82, 2.24) is 19.6 Å². The fourth-order valence-corrected chi connectivity index (χ4v) is 2.63. The molecule has 0 aliphatic carbocycles. The molecule has 0 bridgehead atoms. The van der Waals surface area contributed by atoms with Crippen LogP contribution in [0.25, 0.3) is 5.78 Å². The van der Waals surface area contributed by atoms with E-state index in [-0.39, 0.29) is 0 Å². The molecule has 2 aromatic heterocycles. The molecular weight excluding hydrogens is 346 g/mol. The number of aryl methyl sites for hydroxylation is 1. The van der Waals surface area contributed by atoms with E-state index in [0.717, 1.165) is 16.0 Å². The van der Waals surface area contributed by atoms with E-state index in [1.165, 1.54) is 17.5 Å². The predicted octanol–water partition coefficient (Wildman–Crippen LogP) is 2.95. The zero-order chi connectivity index (χ0) is 15.5. The summed E-state index contributed by atoms with van der Waals surface area (Å²) >= 11 is 3.51. The Kier molecular flexibility index (Phi) is 4.35. The molecule has 0 spiro atoms. The lowest BCUT2D eigenvalue weighted by Gasteiger charge is -2.11. The molecule has 3 rings (SSSR count). The molecule has 2 heterocycles. The van der Waals surface area contributed by atoms with E-state index in [1.807, 2.05) is 12.1 Å². The Morgan fingerprint density at radius 2 is 2.18 bits per heavy atom. The first kappa shape index (κ1) is 14.9. The number of hydrogen-bond donors (Lipinski definition) is 1. The van der Waals surface area contributed by atoms with Crippen LogP contribution in [0.1, 0.15) is 16.8 Å². The van der Waals surface area contributed by atoms with Gasteiger partial charge in [-0.25, -0.2) is 4.98 Å². The highest BCUT2D eigenvalue weighted by Gasteiger charge is 2.08. The highest BCUT2D eigenvalue weighted by atomic mass is 79.9. The molecule has 22 heavy (non-hydrogen) atoms. The van der Waals surface area contributed by atoms with Crippen molar-refractivity contribution in [3.05, 3.63) is 51.9 Å². The minimum atomic E-state index is 0.438. The topological polar surface area (TPSA) is 64.3 Å². The second-order valence-electron chi connectivity index (χ2n) is 4.96. The monoisotopic (exact) mass is 361 g/mol. The Morgan fingerprint density at radius 3 is 3.00 bits per heavy atom. The lowest BCUT2D eigenvalue weighted by Crippen LogP contribution is -2.09. The normalized spacial score (nSPS) is 11.0. The average molecular weight is 362 g/mol. The Morgan fingerprint density at radius 1 is 1.32 bits per heavy atom. The van der Waals surface area contributed by atoms with Crippen molar-refractivity contribution in [2.45, 2.75) is 20.1 Å². The van der Waals surface area contributed by atoms with E-state index in [9.17, 15) is 0 Å². The second kappa shape index (κ2) is 6.41. The maximum Gasteiger partial charge on any atom is 0.254 e. The molecule has 0 aliphatic heterocycles. The van der Waals surface area contributed by atoms with Gasteiger partial charge in [0.1, 0.15) is 12.1 Å². The number of hydrogen-bond acceptors (Lipinski definition) is 5. The number of benzene rings is 1. The highest BCUT2D eigenvalue weighted by Crippen LogP contribution is 2.18. The molecule has 1 N–H and O–H groups in total. The molecule has 0 amide bonds. The predicted molar refractivity (Wildman–Crippen MR) is 87.7 cm³/mol. The number of aromatic nitrogens is 4. The number of methoxy groups -OCH3 is 1. The van der Waals surface area contributed by atoms with Gasteiger partial charge in [-0.05, 0) is 30.2 Å². The van der Waals surface area contributed by atoms with Crippen LogP contribution in [-0.4, -0.2) is 26.7 Å². The standard InChI is InChI=1S/C15H16BrN5O/c1-10-3-4-12(16)5-11(10)7-17-14-6-13(8-22-2)20-15-18-9-19-21(14)15/h3-6,9,17H,7-8H2,1-2H3. The summed E-state index contributed by atoms with van der Waals surface area (Å²) in [6.45, 7) is 3.22. The van der Waals surface area contributed by atoms with E-state index in [1.54, 1.807) is 11.6 Å². The van der Waals surface area contributed by atoms with Crippen LogP contribution < -0.4 is 5.32 Å². The summed E-state index contributed by atoms with van der Waals surface area (Å²) in [5.41, 5.74) is 3.26. The summed E-state index contributed by atoms with van der Waals surface area (Å²) in [5.74, 6) is 1.40. The maximum atomic E-state index is 5.15. The number of nitrogens with zero attached hydrogens (tertiary/aromatic N) is 4. The van der Waals surface area contributed by atoms with Crippen molar-refractivity contribution in [3.8, 4) is 0 Å². The van der Waals surface area contributed by atoms with Gasteiger partial charge in [0.2, 0.25) is 0 Å². The molecule has 0 unspecified atom stereocenters. The van der Waals surface area contributed by atoms with E-state index in [4.69, 9.17) is 4.74 Å². The Labute approximate surface area is 136 Å². The Hall–Kier alpha value is -1.99. The van der Waals surface area contributed by atoms with E-state index in [2.05, 4.69) is 55.4 Å². The van der Waals surface area contributed by atoms with Gasteiger partial charge in [0.15, 0.2) is 0 Å². The van der Waals surface area contributed by atoms with Crippen LogP contribution in [0.4, 0.5) is 5.82 Å². The lowest BCUT2D eigenvalue weighted by molar-refractivity contribution is 0.181. The van der Waals surface area contributed by atoms with Crippen LogP contribution in [0, 0.1) is 6.92 Å². The molecule has 0 fully saturated rings. The summed E-state index contributed by atoms with van der Waals surface area (Å²) in [7, 11) is 1.65. The van der Waals surface area contributed by atoms with Gasteiger partial charge in [-0.3, -0.25) is 0 Å². The molecular formula is C15H16BrN5O. The second-order valence-corrected chi connectivity index (χ2v) is 5.88.